The van der Waals surface area contributed by atoms with Crippen molar-refractivity contribution in [3.05, 3.63) is 76.4 Å². The van der Waals surface area contributed by atoms with Crippen LogP contribution in [0.3, 0.4) is 0 Å². The molecule has 10 heteroatoms. The van der Waals surface area contributed by atoms with Gasteiger partial charge in [0.15, 0.2) is 11.8 Å². The van der Waals surface area contributed by atoms with Gasteiger partial charge >= 0.3 is 5.97 Å². The van der Waals surface area contributed by atoms with Crippen LogP contribution in [0.5, 0.6) is 0 Å². The van der Waals surface area contributed by atoms with Crippen LogP contribution in [-0.2, 0) is 52.8 Å². The smallest absolute Gasteiger partial charge is 0.327 e. The van der Waals surface area contributed by atoms with Gasteiger partial charge in [-0.1, -0.05) is 74.0 Å². The quantitative estimate of drug-likeness (QED) is 0.326. The van der Waals surface area contributed by atoms with Gasteiger partial charge in [0.1, 0.15) is 29.8 Å². The Balaban J connectivity index is 0.917. The molecular formula is C42H50N2O8. The number of hydrogen-bond donors (Lipinski definition) is 2. The molecule has 7 fully saturated rings. The number of epoxide rings is 1. The molecule has 10 rings (SSSR count). The van der Waals surface area contributed by atoms with Gasteiger partial charge in [-0.2, -0.15) is 5.06 Å². The van der Waals surface area contributed by atoms with Crippen molar-refractivity contribution >= 4 is 18.0 Å². The van der Waals surface area contributed by atoms with E-state index in [2.05, 4.69) is 68.6 Å². The van der Waals surface area contributed by atoms with Crippen LogP contribution in [-0.4, -0.2) is 83.1 Å². The number of rotatable bonds is 6. The highest BCUT2D eigenvalue weighted by atomic mass is 16.8. The summed E-state index contributed by atoms with van der Waals surface area (Å²) in [4.78, 5) is 34.8. The zero-order valence-electron chi connectivity index (χ0n) is 30.3. The third-order valence-electron chi connectivity index (χ3n) is 14.2. The average molecular weight is 711 g/mol. The molecule has 3 saturated carbocycles. The molecule has 0 aromatic heterocycles. The normalized spacial score (nSPS) is 41.1. The molecule has 4 heterocycles. The highest BCUT2D eigenvalue weighted by Gasteiger charge is 2.76. The van der Waals surface area contributed by atoms with Gasteiger partial charge in [-0.05, 0) is 78.5 Å². The minimum absolute atomic E-state index is 0.0633. The SMILES string of the molecule is CC1(C)C[C@@H]2C(=Cc3ccc(CN4O[C@@H]5[C@H]6OC7(Cc8ccccc8C7)O[C@H]6[C@H]6C[C@]5(C(=O)NCCO)[C@@H]4C(=O)O6)cc3)CCC3O[C@]3(C)CC[C@H]21. The van der Waals surface area contributed by atoms with Crippen LogP contribution >= 0.6 is 0 Å². The monoisotopic (exact) mass is 710 g/mol. The van der Waals surface area contributed by atoms with E-state index in [9.17, 15) is 14.7 Å². The molecule has 8 aliphatic rings. The van der Waals surface area contributed by atoms with Crippen LogP contribution in [0.15, 0.2) is 54.1 Å². The average Bonchev–Trinajstić information content (AvgIpc) is 3.41. The number of ether oxygens (including phenoxy) is 4. The third-order valence-corrected chi connectivity index (χ3v) is 14.2. The molecule has 2 aromatic rings. The van der Waals surface area contributed by atoms with E-state index < -0.39 is 47.6 Å². The lowest BCUT2D eigenvalue weighted by atomic mass is 9.52. The molecule has 1 unspecified atom stereocenters. The molecule has 52 heavy (non-hydrogen) atoms. The molecule has 1 spiro atoms. The number of nitrogens with zero attached hydrogens (tertiary/aromatic N) is 1. The first-order valence-corrected chi connectivity index (χ1v) is 19.4. The first kappa shape index (κ1) is 33.4. The van der Waals surface area contributed by atoms with Gasteiger partial charge in [-0.3, -0.25) is 14.4 Å². The summed E-state index contributed by atoms with van der Waals surface area (Å²) in [6.07, 6.45) is 7.33. The van der Waals surface area contributed by atoms with Crippen molar-refractivity contribution in [2.45, 2.75) is 127 Å². The molecule has 2 aromatic carbocycles. The Morgan fingerprint density at radius 2 is 1.73 bits per heavy atom. The molecule has 276 valence electrons. The molecule has 10 nitrogen and oxygen atoms in total. The van der Waals surface area contributed by atoms with E-state index >= 15 is 0 Å². The lowest BCUT2D eigenvalue weighted by Gasteiger charge is -2.53. The van der Waals surface area contributed by atoms with Crippen molar-refractivity contribution in [1.29, 1.82) is 0 Å². The summed E-state index contributed by atoms with van der Waals surface area (Å²) in [7, 11) is 0. The molecule has 1 amide bonds. The zero-order valence-corrected chi connectivity index (χ0v) is 30.3. The Hall–Kier alpha value is -3.12. The highest BCUT2D eigenvalue weighted by molar-refractivity contribution is 5.93. The number of hydroxylamine groups is 2. The van der Waals surface area contributed by atoms with Crippen molar-refractivity contribution in [2.75, 3.05) is 13.2 Å². The fourth-order valence-corrected chi connectivity index (χ4v) is 11.4. The number of carbonyl (C=O) groups is 2. The molecule has 4 aliphatic heterocycles. The number of aliphatic hydroxyl groups excluding tert-OH is 1. The fraction of sp³-hybridized carbons (Fsp3) is 0.619. The summed E-state index contributed by atoms with van der Waals surface area (Å²) in [6, 6.07) is 15.7. The summed E-state index contributed by atoms with van der Waals surface area (Å²) in [6.45, 7) is 7.29. The predicted octanol–water partition coefficient (Wildman–Crippen LogP) is 4.65. The van der Waals surface area contributed by atoms with Crippen LogP contribution in [0.2, 0.25) is 0 Å². The van der Waals surface area contributed by atoms with Gasteiger partial charge in [0.05, 0.1) is 24.9 Å². The van der Waals surface area contributed by atoms with E-state index in [4.69, 9.17) is 23.8 Å². The molecule has 10 atom stereocenters. The number of hydrogen-bond acceptors (Lipinski definition) is 9. The number of amides is 1. The summed E-state index contributed by atoms with van der Waals surface area (Å²) in [5.74, 6) is -0.429. The van der Waals surface area contributed by atoms with Crippen LogP contribution in [0.1, 0.15) is 81.5 Å². The lowest BCUT2D eigenvalue weighted by molar-refractivity contribution is -0.217. The van der Waals surface area contributed by atoms with E-state index in [0.717, 1.165) is 24.8 Å². The zero-order chi connectivity index (χ0) is 35.6. The second-order valence-corrected chi connectivity index (χ2v) is 17.8. The van der Waals surface area contributed by atoms with E-state index in [1.165, 1.54) is 35.1 Å². The molecule has 4 aliphatic carbocycles. The minimum atomic E-state index is -1.26. The van der Waals surface area contributed by atoms with Gasteiger partial charge in [-0.15, -0.1) is 0 Å². The second kappa shape index (κ2) is 11.7. The molecular weight excluding hydrogens is 660 g/mol. The number of esters is 1. The number of benzene rings is 2. The standard InChI is InChI=1S/C42H50N2O8/c1-39(2)21-29-26(12-13-32-40(3,49-32)15-14-30(29)39)18-24-8-10-25(11-9-24)23-44-35-37(46)48-31-22-42(35,38(47)43-16-17-45)36(52-44)34-33(31)50-41(51-34)19-27-6-4-5-7-28(27)20-41/h4-11,18,29-36,45H,12-17,19-23H2,1-3H3,(H,43,47)/t29-,30-,31-,32?,33+,34+,35+,36-,40-,42+/m1/s1. The first-order valence-electron chi connectivity index (χ1n) is 19.4. The first-order chi connectivity index (χ1) is 25.0. The van der Waals surface area contributed by atoms with Gasteiger partial charge < -0.3 is 29.4 Å². The summed E-state index contributed by atoms with van der Waals surface area (Å²) >= 11 is 0. The lowest BCUT2D eigenvalue weighted by Crippen LogP contribution is -2.69. The van der Waals surface area contributed by atoms with Crippen molar-refractivity contribution in [1.82, 2.24) is 10.4 Å². The van der Waals surface area contributed by atoms with Gasteiger partial charge in [0.25, 0.3) is 0 Å². The van der Waals surface area contributed by atoms with Crippen LogP contribution < -0.4 is 5.32 Å². The van der Waals surface area contributed by atoms with Gasteiger partial charge in [-0.25, -0.2) is 0 Å². The van der Waals surface area contributed by atoms with Crippen molar-refractivity contribution < 1.29 is 38.5 Å². The van der Waals surface area contributed by atoms with Crippen molar-refractivity contribution in [3.63, 3.8) is 0 Å². The Bertz CT molecular complexity index is 1800. The van der Waals surface area contributed by atoms with E-state index in [-0.39, 0.29) is 37.6 Å². The fourth-order valence-electron chi connectivity index (χ4n) is 11.4. The number of fused-ring (bicyclic) bond motifs is 7. The summed E-state index contributed by atoms with van der Waals surface area (Å²) in [5.41, 5.74) is 5.17. The molecule has 4 saturated heterocycles. The minimum Gasteiger partial charge on any atom is -0.458 e. The predicted molar refractivity (Wildman–Crippen MR) is 189 cm³/mol. The van der Waals surface area contributed by atoms with Crippen molar-refractivity contribution in [3.8, 4) is 0 Å². The number of allylic oxidation sites excluding steroid dienone is 1. The van der Waals surface area contributed by atoms with Crippen LogP contribution in [0, 0.1) is 22.7 Å². The Morgan fingerprint density at radius 1 is 0.981 bits per heavy atom. The van der Waals surface area contributed by atoms with Crippen LogP contribution in [0.25, 0.3) is 6.08 Å². The summed E-state index contributed by atoms with van der Waals surface area (Å²) < 4.78 is 25.8. The van der Waals surface area contributed by atoms with Crippen molar-refractivity contribution in [2.24, 2.45) is 22.7 Å². The topological polar surface area (TPSA) is 119 Å². The van der Waals surface area contributed by atoms with Gasteiger partial charge in [0.2, 0.25) is 5.91 Å². The third kappa shape index (κ3) is 5.04. The largest absolute Gasteiger partial charge is 0.458 e. The van der Waals surface area contributed by atoms with Crippen LogP contribution in [0.4, 0.5) is 0 Å². The maximum atomic E-state index is 14.2. The molecule has 0 radical (unpaired) electrons. The summed E-state index contributed by atoms with van der Waals surface area (Å²) in [5, 5.41) is 14.1. The molecule has 2 bridgehead atoms. The maximum absolute atomic E-state index is 14.2. The number of aliphatic hydroxyl groups is 1. The van der Waals surface area contributed by atoms with E-state index in [0.29, 0.717) is 36.2 Å². The van der Waals surface area contributed by atoms with E-state index in [1.54, 1.807) is 5.06 Å². The highest BCUT2D eigenvalue weighted by Crippen LogP contribution is 2.61. The number of carbonyl (C=O) groups excluding carboxylic acids is 2. The number of nitrogens with one attached hydrogen (secondary N) is 1. The van der Waals surface area contributed by atoms with Gasteiger partial charge in [0, 0.05) is 25.8 Å². The Morgan fingerprint density at radius 3 is 2.46 bits per heavy atom. The molecule has 2 N–H and O–H groups in total. The Labute approximate surface area is 305 Å². The second-order valence-electron chi connectivity index (χ2n) is 17.8. The van der Waals surface area contributed by atoms with E-state index in [1.807, 2.05) is 12.1 Å². The maximum Gasteiger partial charge on any atom is 0.327 e. The Kier molecular flexibility index (Phi) is 7.52.